The van der Waals surface area contributed by atoms with Gasteiger partial charge >= 0.3 is 0 Å². The summed E-state index contributed by atoms with van der Waals surface area (Å²) in [6.45, 7) is 22.1. The highest BCUT2D eigenvalue weighted by Crippen LogP contribution is 2.41. The van der Waals surface area contributed by atoms with Gasteiger partial charge in [-0.1, -0.05) is 49.2 Å². The number of benzene rings is 4. The average molecular weight is 1410 g/mol. The highest BCUT2D eigenvalue weighted by Gasteiger charge is 2.32. The smallest absolute Gasteiger partial charge is 0.258 e. The maximum Gasteiger partial charge on any atom is 0.258 e. The van der Waals surface area contributed by atoms with Gasteiger partial charge < -0.3 is 48.9 Å². The Morgan fingerprint density at radius 3 is 1.69 bits per heavy atom. The van der Waals surface area contributed by atoms with Crippen LogP contribution in [0, 0.1) is 18.8 Å². The van der Waals surface area contributed by atoms with Crippen LogP contribution < -0.4 is 39.1 Å². The number of ketones is 1. The van der Waals surface area contributed by atoms with Gasteiger partial charge in [0.15, 0.2) is 11.7 Å². The van der Waals surface area contributed by atoms with Crippen molar-refractivity contribution in [3.05, 3.63) is 150 Å². The predicted molar refractivity (Wildman–Crippen MR) is 413 cm³/mol. The molecule has 10 heterocycles. The van der Waals surface area contributed by atoms with Gasteiger partial charge in [-0.15, -0.1) is 11.3 Å². The highest BCUT2D eigenvalue weighted by atomic mass is 32.1. The van der Waals surface area contributed by atoms with Crippen LogP contribution in [0.3, 0.4) is 0 Å². The molecule has 21 nitrogen and oxygen atoms in total. The van der Waals surface area contributed by atoms with Crippen LogP contribution in [0.25, 0.3) is 38.4 Å². The van der Waals surface area contributed by atoms with Crippen molar-refractivity contribution >= 4 is 83.8 Å². The fraction of sp³-hybridized carbons (Fsp3) is 0.481. The second-order valence-electron chi connectivity index (χ2n) is 28.5. The number of carbonyl (C=O) groups is 3. The van der Waals surface area contributed by atoms with E-state index in [1.165, 1.54) is 49.9 Å². The first-order chi connectivity index (χ1) is 50.5. The highest BCUT2D eigenvalue weighted by molar-refractivity contribution is 7.13. The van der Waals surface area contributed by atoms with E-state index >= 15 is 0 Å². The molecule has 15 rings (SSSR count). The second-order valence-corrected chi connectivity index (χ2v) is 29.3. The Balaban J connectivity index is 0.000000139. The lowest BCUT2D eigenvalue weighted by atomic mass is 9.94. The number of piperidine rings is 2. The van der Waals surface area contributed by atoms with Gasteiger partial charge in [0, 0.05) is 170 Å². The molecule has 0 spiro atoms. The Morgan fingerprint density at radius 2 is 1.09 bits per heavy atom. The number of ether oxygens (including phenoxy) is 3. The number of nitrogens with one attached hydrogen (secondary N) is 1. The number of aromatic nitrogens is 6. The molecule has 5 aliphatic heterocycles. The third kappa shape index (κ3) is 18.5. The van der Waals surface area contributed by atoms with Crippen molar-refractivity contribution in [2.24, 2.45) is 11.8 Å². The van der Waals surface area contributed by atoms with E-state index in [2.05, 4.69) is 103 Å². The molecule has 0 radical (unpaired) electrons. The fourth-order valence-electron chi connectivity index (χ4n) is 15.8. The molecule has 6 aliphatic rings. The molecule has 4 aromatic carbocycles. The van der Waals surface area contributed by atoms with Gasteiger partial charge in [0.25, 0.3) is 5.91 Å². The van der Waals surface area contributed by atoms with E-state index in [0.717, 1.165) is 248 Å². The van der Waals surface area contributed by atoms with Gasteiger partial charge in [-0.2, -0.15) is 5.10 Å². The number of methoxy groups -OCH3 is 2. The zero-order valence-electron chi connectivity index (χ0n) is 60.8. The summed E-state index contributed by atoms with van der Waals surface area (Å²) in [5.41, 5.74) is 10.3. The summed E-state index contributed by atoms with van der Waals surface area (Å²) in [5.74, 6) is 3.52. The number of pyridine rings is 3. The van der Waals surface area contributed by atoms with Gasteiger partial charge in [-0.05, 0) is 163 Å². The Morgan fingerprint density at radius 1 is 0.534 bits per heavy atom. The molecular formula is C81H103N15O6S. The summed E-state index contributed by atoms with van der Waals surface area (Å²) >= 11 is 1.81. The van der Waals surface area contributed by atoms with E-state index in [0.29, 0.717) is 23.5 Å². The molecule has 0 atom stereocenters. The van der Waals surface area contributed by atoms with E-state index in [9.17, 15) is 14.4 Å². The molecule has 5 saturated heterocycles. The molecule has 2 amide bonds. The van der Waals surface area contributed by atoms with Crippen molar-refractivity contribution in [3.63, 3.8) is 0 Å². The SMILES string of the molecule is CC(=O)CNC(=O)COc1c(C)cc2cccnc2c1N1CCCN(Cc2ccn(-c3ccccc3)n2)CC1.COc1ccc2cccnc2c1N1CCCN(CC2CCN(C(=O)C3CCCC3)CC2)CC1.COc1ccc2cccnc2c1N1CCCN(Cc2csc(N3CCCCC3)n2)CC1. The maximum atomic E-state index is 12.8. The van der Waals surface area contributed by atoms with Gasteiger partial charge in [0.1, 0.15) is 40.1 Å². The standard InChI is InChI=1S/C30H34N6O3.C27H38N4O2.C24H31N5OS/c1-22-18-24-8-6-12-31-28(24)29(30(22)39-21-27(38)32-19-23(2)37)35-14-7-13-34(16-17-35)20-25-11-15-36(33-25)26-9-4-3-5-10-26;1-33-24-10-9-22-8-4-13-28-25(22)26(24)30-15-5-14-29(18-19-30)20-21-11-16-31(17-12-21)27(32)23-6-2-3-7-23;1-30-21-9-8-19-7-5-10-25-22(19)23(21)28-14-6-11-27(15-16-28)17-20-18-31-24(26-20)29-12-3-2-4-13-29/h3-6,8-12,15,18H,7,13-14,16-17,19-21H2,1-2H3,(H,32,38);4,8-10,13,21,23H,2-3,5-7,11-12,14-20H2,1H3;5,7-10,18H,2-4,6,11-17H2,1H3. The Bertz CT molecular complexity index is 4270. The molecule has 1 N–H and O–H groups in total. The number of para-hydroxylation sites is 1. The molecule has 22 heteroatoms. The van der Waals surface area contributed by atoms with Crippen molar-refractivity contribution in [1.29, 1.82) is 0 Å². The number of amides is 2. The molecule has 103 heavy (non-hydrogen) atoms. The minimum absolute atomic E-state index is 0.00113. The normalized spacial score (nSPS) is 17.8. The van der Waals surface area contributed by atoms with Gasteiger partial charge in [-0.3, -0.25) is 39.1 Å². The van der Waals surface area contributed by atoms with Crippen LogP contribution in [-0.4, -0.2) is 206 Å². The number of hydrogen-bond donors (Lipinski definition) is 1. The van der Waals surface area contributed by atoms with Crippen LogP contribution in [0.1, 0.15) is 101 Å². The molecule has 0 unspecified atom stereocenters. The third-order valence-corrected chi connectivity index (χ3v) is 22.2. The summed E-state index contributed by atoms with van der Waals surface area (Å²) in [4.78, 5) is 74.8. The third-order valence-electron chi connectivity index (χ3n) is 21.2. The van der Waals surface area contributed by atoms with Crippen molar-refractivity contribution in [2.75, 3.05) is 158 Å². The number of nitrogens with zero attached hydrogens (tertiary/aromatic N) is 14. The van der Waals surface area contributed by atoms with Crippen LogP contribution in [-0.2, 0) is 27.5 Å². The lowest BCUT2D eigenvalue weighted by Crippen LogP contribution is -2.44. The van der Waals surface area contributed by atoms with E-state index in [1.54, 1.807) is 31.8 Å². The summed E-state index contributed by atoms with van der Waals surface area (Å²) in [5, 5.41) is 14.2. The van der Waals surface area contributed by atoms with Crippen molar-refractivity contribution in [2.45, 2.75) is 104 Å². The van der Waals surface area contributed by atoms with Crippen LogP contribution in [0.4, 0.5) is 22.2 Å². The minimum atomic E-state index is -0.325. The number of Topliss-reactive ketones (excluding diaryl/α,β-unsaturated/α-hetero) is 1. The van der Waals surface area contributed by atoms with Gasteiger partial charge in [-0.25, -0.2) is 9.67 Å². The molecule has 0 bridgehead atoms. The molecule has 6 fully saturated rings. The number of anilines is 4. The maximum absolute atomic E-state index is 12.8. The monoisotopic (exact) mass is 1410 g/mol. The van der Waals surface area contributed by atoms with Crippen molar-refractivity contribution in [1.82, 2.24) is 54.6 Å². The van der Waals surface area contributed by atoms with E-state index in [1.807, 2.05) is 84.8 Å². The second kappa shape index (κ2) is 35.5. The first-order valence-corrected chi connectivity index (χ1v) is 38.5. The summed E-state index contributed by atoms with van der Waals surface area (Å²) < 4.78 is 19.5. The summed E-state index contributed by atoms with van der Waals surface area (Å²) in [7, 11) is 3.50. The Kier molecular flexibility index (Phi) is 24.9. The van der Waals surface area contributed by atoms with Crippen molar-refractivity contribution in [3.8, 4) is 22.9 Å². The van der Waals surface area contributed by atoms with Gasteiger partial charge in [0.05, 0.1) is 54.4 Å². The van der Waals surface area contributed by atoms with E-state index < -0.39 is 0 Å². The zero-order valence-corrected chi connectivity index (χ0v) is 61.6. The number of aryl methyl sites for hydroxylation is 1. The number of carbonyl (C=O) groups excluding carboxylic acids is 3. The van der Waals surface area contributed by atoms with Crippen LogP contribution in [0.5, 0.6) is 17.2 Å². The topological polar surface area (TPSA) is 186 Å². The summed E-state index contributed by atoms with van der Waals surface area (Å²) in [6.07, 6.45) is 21.7. The van der Waals surface area contributed by atoms with Crippen molar-refractivity contribution < 1.29 is 28.6 Å². The fourth-order valence-corrected chi connectivity index (χ4v) is 16.7. The Hall–Kier alpha value is -8.96. The van der Waals surface area contributed by atoms with Gasteiger partial charge in [0.2, 0.25) is 5.91 Å². The van der Waals surface area contributed by atoms with E-state index in [-0.39, 0.29) is 24.8 Å². The average Bonchev–Trinajstić information content (AvgIpc) is 0.899. The number of likely N-dealkylation sites (tertiary alicyclic amines) is 1. The molecule has 5 aromatic heterocycles. The lowest BCUT2D eigenvalue weighted by molar-refractivity contribution is -0.136. The largest absolute Gasteiger partial charge is 0.494 e. The molecule has 544 valence electrons. The van der Waals surface area contributed by atoms with Crippen LogP contribution in [0.15, 0.2) is 133 Å². The number of thiazole rings is 1. The predicted octanol–water partition coefficient (Wildman–Crippen LogP) is 12.1. The minimum Gasteiger partial charge on any atom is -0.494 e. The number of rotatable bonds is 19. The molecule has 9 aromatic rings. The number of hydrogen-bond acceptors (Lipinski definition) is 19. The van der Waals surface area contributed by atoms with Crippen LogP contribution >= 0.6 is 11.3 Å². The molecular weight excluding hydrogens is 1310 g/mol. The quantitative estimate of drug-likeness (QED) is 0.0805. The van der Waals surface area contributed by atoms with Crippen LogP contribution in [0.2, 0.25) is 0 Å². The molecule has 1 saturated carbocycles. The first kappa shape index (κ1) is 72.4. The molecule has 1 aliphatic carbocycles. The number of fused-ring (bicyclic) bond motifs is 3. The zero-order chi connectivity index (χ0) is 70.9. The Labute approximate surface area is 611 Å². The van der Waals surface area contributed by atoms with E-state index in [4.69, 9.17) is 34.3 Å². The summed E-state index contributed by atoms with van der Waals surface area (Å²) in [6, 6.07) is 34.8. The first-order valence-electron chi connectivity index (χ1n) is 37.6. The lowest BCUT2D eigenvalue weighted by Gasteiger charge is -2.35.